The van der Waals surface area contributed by atoms with E-state index in [1.165, 1.54) is 11.1 Å². The summed E-state index contributed by atoms with van der Waals surface area (Å²) in [5.41, 5.74) is 2.40. The van der Waals surface area contributed by atoms with Crippen LogP contribution in [0.25, 0.3) is 21.3 Å². The molecule has 0 spiro atoms. The fourth-order valence-corrected chi connectivity index (χ4v) is 3.05. The molecule has 0 aliphatic carbocycles. The smallest absolute Gasteiger partial charge is 0.138 e. The van der Waals surface area contributed by atoms with E-state index in [4.69, 9.17) is 0 Å². The number of rotatable bonds is 2. The number of nitrogens with one attached hydrogen (secondary N) is 1. The van der Waals surface area contributed by atoms with Gasteiger partial charge in [-0.2, -0.15) is 0 Å². The number of thiophene rings is 1. The van der Waals surface area contributed by atoms with Gasteiger partial charge in [-0.15, -0.1) is 11.3 Å². The summed E-state index contributed by atoms with van der Waals surface area (Å²) in [6.45, 7) is 1.92. The van der Waals surface area contributed by atoms with Crippen LogP contribution in [0, 0.1) is 6.92 Å². The Morgan fingerprint density at radius 1 is 1.11 bits per heavy atom. The molecule has 1 aromatic carbocycles. The molecule has 3 aromatic rings. The van der Waals surface area contributed by atoms with Gasteiger partial charge in [0.1, 0.15) is 16.5 Å². The third-order valence-corrected chi connectivity index (χ3v) is 3.74. The van der Waals surface area contributed by atoms with Crippen molar-refractivity contribution in [3.8, 4) is 11.1 Å². The number of aryl methyl sites for hydroxylation is 1. The highest BCUT2D eigenvalue weighted by Gasteiger charge is 2.12. The lowest BCUT2D eigenvalue weighted by Gasteiger charge is -2.05. The molecular weight excluding hydrogens is 242 g/mol. The molecule has 1 N–H and O–H groups in total. The average molecular weight is 255 g/mol. The molecule has 0 saturated carbocycles. The van der Waals surface area contributed by atoms with Gasteiger partial charge in [0.2, 0.25) is 0 Å². The van der Waals surface area contributed by atoms with E-state index in [9.17, 15) is 0 Å². The Bertz CT molecular complexity index is 689. The van der Waals surface area contributed by atoms with Crippen molar-refractivity contribution in [3.63, 3.8) is 0 Å². The van der Waals surface area contributed by atoms with E-state index in [2.05, 4.69) is 32.8 Å². The number of fused-ring (bicyclic) bond motifs is 1. The third kappa shape index (κ3) is 1.75. The van der Waals surface area contributed by atoms with Crippen molar-refractivity contribution < 1.29 is 0 Å². The van der Waals surface area contributed by atoms with Crippen molar-refractivity contribution in [2.75, 3.05) is 12.4 Å². The van der Waals surface area contributed by atoms with Crippen molar-refractivity contribution >= 4 is 27.4 Å². The Kier molecular flexibility index (Phi) is 2.72. The van der Waals surface area contributed by atoms with Gasteiger partial charge in [-0.05, 0) is 12.5 Å². The van der Waals surface area contributed by atoms with Crippen molar-refractivity contribution in [3.05, 3.63) is 41.5 Å². The number of nitrogens with zero attached hydrogens (tertiary/aromatic N) is 2. The van der Waals surface area contributed by atoms with Gasteiger partial charge < -0.3 is 5.32 Å². The lowest BCUT2D eigenvalue weighted by molar-refractivity contribution is 1.10. The van der Waals surface area contributed by atoms with Crippen LogP contribution in [0.5, 0.6) is 0 Å². The molecule has 0 unspecified atom stereocenters. The molecule has 0 aliphatic rings. The quantitative estimate of drug-likeness (QED) is 0.758. The Morgan fingerprint density at radius 3 is 2.61 bits per heavy atom. The van der Waals surface area contributed by atoms with Crippen LogP contribution in [-0.4, -0.2) is 17.0 Å². The summed E-state index contributed by atoms with van der Waals surface area (Å²) in [5, 5.41) is 6.42. The highest BCUT2D eigenvalue weighted by atomic mass is 32.1. The molecular formula is C14H13N3S. The molecule has 90 valence electrons. The van der Waals surface area contributed by atoms with Crippen LogP contribution in [0.2, 0.25) is 0 Å². The van der Waals surface area contributed by atoms with Crippen LogP contribution in [0.3, 0.4) is 0 Å². The van der Waals surface area contributed by atoms with Gasteiger partial charge in [-0.3, -0.25) is 0 Å². The Balaban J connectivity index is 2.32. The first-order valence-electron chi connectivity index (χ1n) is 5.78. The minimum absolute atomic E-state index is 0.799. The predicted octanol–water partition coefficient (Wildman–Crippen LogP) is 3.71. The summed E-state index contributed by atoms with van der Waals surface area (Å²) in [6, 6.07) is 10.3. The Labute approximate surface area is 110 Å². The van der Waals surface area contributed by atoms with Crippen LogP contribution in [-0.2, 0) is 0 Å². The maximum absolute atomic E-state index is 4.50. The van der Waals surface area contributed by atoms with E-state index in [0.717, 1.165) is 21.9 Å². The molecule has 0 saturated heterocycles. The van der Waals surface area contributed by atoms with Gasteiger partial charge in [-0.1, -0.05) is 30.3 Å². The molecule has 2 aromatic heterocycles. The van der Waals surface area contributed by atoms with Gasteiger partial charge in [-0.25, -0.2) is 9.97 Å². The number of hydrogen-bond acceptors (Lipinski definition) is 4. The molecule has 0 aliphatic heterocycles. The van der Waals surface area contributed by atoms with E-state index in [-0.39, 0.29) is 0 Å². The minimum Gasteiger partial charge on any atom is -0.372 e. The van der Waals surface area contributed by atoms with E-state index < -0.39 is 0 Å². The van der Waals surface area contributed by atoms with Gasteiger partial charge >= 0.3 is 0 Å². The fraction of sp³-hybridized carbons (Fsp3) is 0.143. The molecule has 2 heterocycles. The normalized spacial score (nSPS) is 10.8. The molecule has 0 atom stereocenters. The van der Waals surface area contributed by atoms with Gasteiger partial charge in [0.15, 0.2) is 0 Å². The summed E-state index contributed by atoms with van der Waals surface area (Å²) < 4.78 is 0. The predicted molar refractivity (Wildman–Crippen MR) is 77.1 cm³/mol. The topological polar surface area (TPSA) is 37.8 Å². The molecule has 0 radical (unpaired) electrons. The van der Waals surface area contributed by atoms with Crippen molar-refractivity contribution in [2.24, 2.45) is 0 Å². The van der Waals surface area contributed by atoms with Gasteiger partial charge in [0.25, 0.3) is 0 Å². The highest BCUT2D eigenvalue weighted by molar-refractivity contribution is 7.17. The second-order valence-electron chi connectivity index (χ2n) is 4.06. The number of aromatic nitrogens is 2. The van der Waals surface area contributed by atoms with Crippen molar-refractivity contribution in [1.82, 2.24) is 9.97 Å². The standard InChI is InChI=1S/C14H13N3S/c1-9-16-13(15-2)12-11(8-18-14(12)17-9)10-6-4-3-5-7-10/h3-8H,1-2H3,(H,15,16,17). The summed E-state index contributed by atoms with van der Waals surface area (Å²) in [7, 11) is 1.90. The maximum Gasteiger partial charge on any atom is 0.138 e. The monoisotopic (exact) mass is 255 g/mol. The number of benzene rings is 1. The van der Waals surface area contributed by atoms with Crippen LogP contribution in [0.4, 0.5) is 5.82 Å². The van der Waals surface area contributed by atoms with E-state index >= 15 is 0 Å². The van der Waals surface area contributed by atoms with Gasteiger partial charge in [0.05, 0.1) is 5.39 Å². The first-order valence-corrected chi connectivity index (χ1v) is 6.66. The van der Waals surface area contributed by atoms with Crippen LogP contribution < -0.4 is 5.32 Å². The second-order valence-corrected chi connectivity index (χ2v) is 4.92. The molecule has 0 amide bonds. The van der Waals surface area contributed by atoms with Crippen molar-refractivity contribution in [2.45, 2.75) is 6.92 Å². The largest absolute Gasteiger partial charge is 0.372 e. The molecule has 3 rings (SSSR count). The lowest BCUT2D eigenvalue weighted by Crippen LogP contribution is -1.97. The Morgan fingerprint density at radius 2 is 1.89 bits per heavy atom. The zero-order chi connectivity index (χ0) is 12.5. The van der Waals surface area contributed by atoms with Crippen LogP contribution in [0.15, 0.2) is 35.7 Å². The fourth-order valence-electron chi connectivity index (χ4n) is 2.06. The van der Waals surface area contributed by atoms with E-state index in [0.29, 0.717) is 0 Å². The summed E-state index contributed by atoms with van der Waals surface area (Å²) >= 11 is 1.66. The molecule has 0 fully saturated rings. The van der Waals surface area contributed by atoms with Crippen LogP contribution in [0.1, 0.15) is 5.82 Å². The minimum atomic E-state index is 0.799. The van der Waals surface area contributed by atoms with E-state index in [1.807, 2.05) is 32.2 Å². The molecule has 4 heteroatoms. The van der Waals surface area contributed by atoms with Crippen molar-refractivity contribution in [1.29, 1.82) is 0 Å². The van der Waals surface area contributed by atoms with E-state index in [1.54, 1.807) is 11.3 Å². The maximum atomic E-state index is 4.50. The zero-order valence-electron chi connectivity index (χ0n) is 10.3. The number of hydrogen-bond donors (Lipinski definition) is 1. The molecule has 0 bridgehead atoms. The van der Waals surface area contributed by atoms with Crippen LogP contribution >= 0.6 is 11.3 Å². The first-order chi connectivity index (χ1) is 8.79. The molecule has 3 nitrogen and oxygen atoms in total. The number of anilines is 1. The second kappa shape index (κ2) is 4.38. The SMILES string of the molecule is CNc1nc(C)nc2scc(-c3ccccc3)c12. The van der Waals surface area contributed by atoms with Gasteiger partial charge in [0, 0.05) is 18.0 Å². The Hall–Kier alpha value is -1.94. The lowest BCUT2D eigenvalue weighted by atomic mass is 10.1. The average Bonchev–Trinajstić information content (AvgIpc) is 2.82. The summed E-state index contributed by atoms with van der Waals surface area (Å²) in [4.78, 5) is 9.99. The highest BCUT2D eigenvalue weighted by Crippen LogP contribution is 2.36. The summed E-state index contributed by atoms with van der Waals surface area (Å²) in [5.74, 6) is 1.70. The summed E-state index contributed by atoms with van der Waals surface area (Å²) in [6.07, 6.45) is 0. The molecule has 18 heavy (non-hydrogen) atoms. The zero-order valence-corrected chi connectivity index (χ0v) is 11.1. The first kappa shape index (κ1) is 11.2. The third-order valence-electron chi connectivity index (χ3n) is 2.87.